The normalized spacial score (nSPS) is 26.4. The second-order valence-corrected chi connectivity index (χ2v) is 18.5. The molecule has 67 heavy (non-hydrogen) atoms. The lowest BCUT2D eigenvalue weighted by Gasteiger charge is -2.57. The number of ether oxygens (including phenoxy) is 1. The SMILES string of the molecule is C[C@]12CCC(=O)C=C1CC[C@@H]1[C@@H]2C(=O)C[C@@]2(C)[C@H]1CC[C@]2(O)C(=O)COC(=O)CCC(=O)N[C@@H](CCCN=C(N)N)C(=O)NCC(=O)N[C@@H](CC(=O)O)C(=O)N[C@@H](Cc1ccccc1)C(=O)O. The first-order chi connectivity index (χ1) is 31.6. The van der Waals surface area contributed by atoms with Gasteiger partial charge in [-0.1, -0.05) is 49.8 Å². The molecule has 0 radical (unpaired) electrons. The first-order valence-corrected chi connectivity index (χ1v) is 22.5. The van der Waals surface area contributed by atoms with Gasteiger partial charge in [-0.3, -0.25) is 48.1 Å². The van der Waals surface area contributed by atoms with Crippen molar-refractivity contribution in [3.05, 3.63) is 47.5 Å². The molecule has 0 aromatic heterocycles. The molecule has 0 heterocycles. The summed E-state index contributed by atoms with van der Waals surface area (Å²) in [6, 6.07) is 3.82. The molecule has 4 aliphatic rings. The number of aliphatic hydroxyl groups is 1. The van der Waals surface area contributed by atoms with Gasteiger partial charge in [-0.2, -0.15) is 0 Å². The Morgan fingerprint density at radius 1 is 0.866 bits per heavy atom. The van der Waals surface area contributed by atoms with Crippen LogP contribution in [-0.2, 0) is 59.1 Å². The average Bonchev–Trinajstić information content (AvgIpc) is 3.54. The van der Waals surface area contributed by atoms with Crippen molar-refractivity contribution in [2.45, 2.75) is 121 Å². The molecule has 4 aliphatic carbocycles. The number of guanidine groups is 1. The van der Waals surface area contributed by atoms with Crippen molar-refractivity contribution in [3.63, 3.8) is 0 Å². The highest BCUT2D eigenvalue weighted by molar-refractivity contribution is 5.97. The second kappa shape index (κ2) is 21.9. The minimum Gasteiger partial charge on any atom is -0.481 e. The highest BCUT2D eigenvalue weighted by atomic mass is 16.5. The number of rotatable bonds is 22. The van der Waals surface area contributed by atoms with E-state index in [4.69, 9.17) is 16.2 Å². The number of hydrogen-bond acceptors (Lipinski definition) is 13. The van der Waals surface area contributed by atoms with Crippen molar-refractivity contribution in [1.82, 2.24) is 21.3 Å². The number of nitrogens with two attached hydrogens (primary N) is 2. The van der Waals surface area contributed by atoms with E-state index in [-0.39, 0.29) is 73.9 Å². The van der Waals surface area contributed by atoms with E-state index in [9.17, 15) is 63.3 Å². The van der Waals surface area contributed by atoms with Gasteiger partial charge in [0, 0.05) is 43.6 Å². The molecule has 1 aromatic carbocycles. The van der Waals surface area contributed by atoms with Crippen molar-refractivity contribution >= 4 is 64.8 Å². The summed E-state index contributed by atoms with van der Waals surface area (Å²) in [6.07, 6.45) is 2.51. The Morgan fingerprint density at radius 2 is 1.57 bits per heavy atom. The summed E-state index contributed by atoms with van der Waals surface area (Å²) in [5.74, 6) is -9.15. The molecule has 0 saturated heterocycles. The molecule has 21 nitrogen and oxygen atoms in total. The van der Waals surface area contributed by atoms with Gasteiger partial charge < -0.3 is 52.8 Å². The van der Waals surface area contributed by atoms with Crippen molar-refractivity contribution in [3.8, 4) is 0 Å². The van der Waals surface area contributed by atoms with Gasteiger partial charge in [-0.25, -0.2) is 4.79 Å². The van der Waals surface area contributed by atoms with E-state index >= 15 is 0 Å². The maximum Gasteiger partial charge on any atom is 0.326 e. The number of esters is 1. The summed E-state index contributed by atoms with van der Waals surface area (Å²) < 4.78 is 5.23. The summed E-state index contributed by atoms with van der Waals surface area (Å²) >= 11 is 0. The summed E-state index contributed by atoms with van der Waals surface area (Å²) in [4.78, 5) is 132. The number of carboxylic acid groups (broad SMARTS) is 2. The fourth-order valence-corrected chi connectivity index (χ4v) is 10.7. The summed E-state index contributed by atoms with van der Waals surface area (Å²) in [5.41, 5.74) is 8.83. The van der Waals surface area contributed by atoms with Crippen LogP contribution in [0.15, 0.2) is 47.0 Å². The summed E-state index contributed by atoms with van der Waals surface area (Å²) in [5, 5.41) is 40.2. The molecule has 0 spiro atoms. The molecule has 364 valence electrons. The molecular formula is C46H61N7O14. The smallest absolute Gasteiger partial charge is 0.326 e. The highest BCUT2D eigenvalue weighted by Gasteiger charge is 2.68. The monoisotopic (exact) mass is 935 g/mol. The lowest BCUT2D eigenvalue weighted by Crippen LogP contribution is -2.61. The number of nitrogens with one attached hydrogen (secondary N) is 4. The Balaban J connectivity index is 1.12. The number of nitrogens with zero attached hydrogens (tertiary/aromatic N) is 1. The van der Waals surface area contributed by atoms with Crippen LogP contribution in [0.3, 0.4) is 0 Å². The number of carbonyl (C=O) groups excluding carboxylic acids is 8. The van der Waals surface area contributed by atoms with Crippen molar-refractivity contribution in [2.24, 2.45) is 45.0 Å². The summed E-state index contributed by atoms with van der Waals surface area (Å²) in [6.45, 7) is 2.26. The lowest BCUT2D eigenvalue weighted by molar-refractivity contribution is -0.174. The Labute approximate surface area is 386 Å². The van der Waals surface area contributed by atoms with Gasteiger partial charge in [0.1, 0.15) is 29.5 Å². The van der Waals surface area contributed by atoms with Gasteiger partial charge in [-0.05, 0) is 73.8 Å². The fraction of sp³-hybridized carbons (Fsp3) is 0.587. The quantitative estimate of drug-likeness (QED) is 0.0313. The van der Waals surface area contributed by atoms with Crippen molar-refractivity contribution in [1.29, 1.82) is 0 Å². The Morgan fingerprint density at radius 3 is 2.24 bits per heavy atom. The van der Waals surface area contributed by atoms with Crippen LogP contribution >= 0.6 is 0 Å². The molecule has 1 aromatic rings. The third-order valence-corrected chi connectivity index (χ3v) is 14.1. The van der Waals surface area contributed by atoms with Gasteiger partial charge in [-0.15, -0.1) is 0 Å². The van der Waals surface area contributed by atoms with Crippen LogP contribution in [0.4, 0.5) is 0 Å². The van der Waals surface area contributed by atoms with E-state index in [0.29, 0.717) is 37.7 Å². The number of amides is 4. The summed E-state index contributed by atoms with van der Waals surface area (Å²) in [7, 11) is 0. The Bertz CT molecular complexity index is 2190. The molecule has 3 fully saturated rings. The molecule has 5 rings (SSSR count). The zero-order valence-corrected chi connectivity index (χ0v) is 37.7. The lowest BCUT2D eigenvalue weighted by atomic mass is 9.46. The number of aliphatic carboxylic acids is 2. The predicted octanol–water partition coefficient (Wildman–Crippen LogP) is -0.253. The number of carboxylic acids is 2. The van der Waals surface area contributed by atoms with E-state index in [1.54, 1.807) is 43.3 Å². The molecule has 0 bridgehead atoms. The number of fused-ring (bicyclic) bond motifs is 5. The fourth-order valence-electron chi connectivity index (χ4n) is 10.7. The molecule has 3 saturated carbocycles. The van der Waals surface area contributed by atoms with Gasteiger partial charge in [0.05, 0.1) is 19.4 Å². The first kappa shape index (κ1) is 51.5. The van der Waals surface area contributed by atoms with Crippen LogP contribution in [0.25, 0.3) is 0 Å². The Kier molecular flexibility index (Phi) is 16.8. The van der Waals surface area contributed by atoms with Crippen LogP contribution in [0, 0.1) is 28.6 Å². The van der Waals surface area contributed by atoms with Crippen LogP contribution in [0.5, 0.6) is 0 Å². The zero-order chi connectivity index (χ0) is 49.3. The molecule has 21 heteroatoms. The topological polar surface area (TPSA) is 353 Å². The zero-order valence-electron chi connectivity index (χ0n) is 37.7. The minimum atomic E-state index is -1.94. The van der Waals surface area contributed by atoms with Gasteiger partial charge in [0.25, 0.3) is 0 Å². The number of aliphatic imine (C=N–C) groups is 1. The van der Waals surface area contributed by atoms with E-state index in [1.165, 1.54) is 0 Å². The maximum absolute atomic E-state index is 13.9. The number of Topliss-reactive ketones (excluding diaryl/α,β-unsaturated/α-hetero) is 2. The van der Waals surface area contributed by atoms with E-state index < -0.39 is 114 Å². The van der Waals surface area contributed by atoms with Crippen LogP contribution in [0.2, 0.25) is 0 Å². The average molecular weight is 936 g/mol. The van der Waals surface area contributed by atoms with E-state index in [0.717, 1.165) is 5.57 Å². The van der Waals surface area contributed by atoms with Crippen LogP contribution in [-0.4, -0.2) is 124 Å². The molecule has 4 amide bonds. The third kappa shape index (κ3) is 12.3. The van der Waals surface area contributed by atoms with Crippen LogP contribution < -0.4 is 32.7 Å². The predicted molar refractivity (Wildman–Crippen MR) is 236 cm³/mol. The minimum absolute atomic E-state index is 0.0374. The van der Waals surface area contributed by atoms with E-state index in [1.807, 2.05) is 6.92 Å². The molecule has 0 aliphatic heterocycles. The van der Waals surface area contributed by atoms with Crippen molar-refractivity contribution < 1.29 is 68.0 Å². The van der Waals surface area contributed by atoms with Gasteiger partial charge >= 0.3 is 17.9 Å². The first-order valence-electron chi connectivity index (χ1n) is 22.5. The molecular weight excluding hydrogens is 875 g/mol. The van der Waals surface area contributed by atoms with Gasteiger partial charge in [0.2, 0.25) is 29.4 Å². The third-order valence-electron chi connectivity index (χ3n) is 14.1. The molecule has 9 atom stereocenters. The number of carbonyl (C=O) groups is 10. The molecule has 11 N–H and O–H groups in total. The van der Waals surface area contributed by atoms with Crippen LogP contribution in [0.1, 0.15) is 96.5 Å². The number of benzene rings is 1. The number of ketones is 3. The standard InChI is InChI=1S/C46H61N7O14/c1-44-16-14-27(54)20-26(44)10-11-28-29-15-17-46(66,45(29,2)22-33(55)39(28)44)34(56)24-67-38(61)13-12-35(57)51-30(9-6-18-49-43(47)48)40(62)50-23-36(58)52-31(21-37(59)60)41(63)53-32(42(64)65)19-25-7-4-3-5-8-25/h3-5,7-8,20,28-32,39,66H,6,9-19,21-24H2,1-2H3,(H,50,62)(H,51,57)(H,52,58)(H,53,63)(H,59,60)(H,64,65)(H4,47,48,49)/t28-,29-,30-,31-,32-,39+,44-,45-,46-/m0/s1. The molecule has 0 unspecified atom stereocenters. The second-order valence-electron chi connectivity index (χ2n) is 18.5. The van der Waals surface area contributed by atoms with Gasteiger partial charge in [0.15, 0.2) is 18.3 Å². The Hall–Kier alpha value is -6.51. The maximum atomic E-state index is 13.9. The number of allylic oxidation sites excluding steroid dienone is 1. The van der Waals surface area contributed by atoms with E-state index in [2.05, 4.69) is 26.3 Å². The number of hydrogen-bond donors (Lipinski definition) is 9. The largest absolute Gasteiger partial charge is 0.481 e. The van der Waals surface area contributed by atoms with Crippen molar-refractivity contribution in [2.75, 3.05) is 19.7 Å². The highest BCUT2D eigenvalue weighted by Crippen LogP contribution is 2.66.